The van der Waals surface area contributed by atoms with Crippen molar-refractivity contribution in [1.29, 1.82) is 0 Å². The molecule has 2 aromatic carbocycles. The summed E-state index contributed by atoms with van der Waals surface area (Å²) < 4.78 is 46.4. The van der Waals surface area contributed by atoms with E-state index in [4.69, 9.17) is 4.74 Å². The lowest BCUT2D eigenvalue weighted by molar-refractivity contribution is -0.137. The first kappa shape index (κ1) is 23.8. The van der Waals surface area contributed by atoms with Gasteiger partial charge in [0.25, 0.3) is 0 Å². The summed E-state index contributed by atoms with van der Waals surface area (Å²) in [4.78, 5) is 0. The Morgan fingerprint density at radius 1 is 1.12 bits per heavy atom. The normalized spacial score (nSPS) is 16.7. The Balaban J connectivity index is 1.90. The highest BCUT2D eigenvalue weighted by atomic mass is 19.4. The predicted molar refractivity (Wildman–Crippen MR) is 124 cm³/mol. The zero-order valence-electron chi connectivity index (χ0n) is 18.5. The van der Waals surface area contributed by atoms with Crippen LogP contribution in [0.3, 0.4) is 0 Å². The highest BCUT2D eigenvalue weighted by Gasteiger charge is 2.31. The van der Waals surface area contributed by atoms with E-state index in [9.17, 15) is 13.2 Å². The number of nitrogens with zero attached hydrogens (tertiary/aromatic N) is 2. The van der Waals surface area contributed by atoms with Crippen LogP contribution in [0, 0.1) is 5.92 Å². The van der Waals surface area contributed by atoms with Crippen LogP contribution in [0.1, 0.15) is 57.9 Å². The van der Waals surface area contributed by atoms with E-state index in [1.807, 2.05) is 42.6 Å². The Bertz CT molecular complexity index is 978. The molecule has 0 saturated heterocycles. The maximum atomic E-state index is 13.4. The van der Waals surface area contributed by atoms with E-state index in [1.54, 1.807) is 0 Å². The van der Waals surface area contributed by atoms with Gasteiger partial charge in [-0.2, -0.15) is 23.4 Å². The Hall–Kier alpha value is -2.89. The third kappa shape index (κ3) is 6.31. The lowest BCUT2D eigenvalue weighted by Gasteiger charge is -2.20. The molecule has 1 aliphatic rings. The van der Waals surface area contributed by atoms with Gasteiger partial charge in [-0.25, -0.2) is 0 Å². The van der Waals surface area contributed by atoms with Crippen molar-refractivity contribution >= 4 is 11.9 Å². The van der Waals surface area contributed by atoms with Gasteiger partial charge in [-0.05, 0) is 49.5 Å². The Kier molecular flexibility index (Phi) is 8.26. The van der Waals surface area contributed by atoms with Crippen molar-refractivity contribution in [3.05, 3.63) is 65.9 Å². The molecule has 0 N–H and O–H groups in total. The SMILES string of the molecule is CCC/C=C(/CCC1=NN=CCC1CC)Oc1cc(C(F)(F)F)ccc1-c1ccccc1. The molecule has 6 heteroatoms. The molecule has 0 radical (unpaired) electrons. The zero-order chi connectivity index (χ0) is 23.0. The minimum Gasteiger partial charge on any atom is -0.461 e. The van der Waals surface area contributed by atoms with Crippen LogP contribution in [0.2, 0.25) is 0 Å². The fourth-order valence-corrected chi connectivity index (χ4v) is 3.70. The molecule has 1 atom stereocenters. The number of unbranched alkanes of at least 4 members (excludes halogenated alkanes) is 1. The number of hydrogen-bond donors (Lipinski definition) is 0. The fraction of sp³-hybridized carbons (Fsp3) is 0.385. The number of hydrogen-bond acceptors (Lipinski definition) is 3. The number of rotatable bonds is 9. The summed E-state index contributed by atoms with van der Waals surface area (Å²) in [6, 6.07) is 13.0. The predicted octanol–water partition coefficient (Wildman–Crippen LogP) is 8.07. The molecule has 0 amide bonds. The summed E-state index contributed by atoms with van der Waals surface area (Å²) in [7, 11) is 0. The summed E-state index contributed by atoms with van der Waals surface area (Å²) in [6.07, 6.45) is 4.16. The van der Waals surface area contributed by atoms with Crippen LogP contribution < -0.4 is 4.74 Å². The van der Waals surface area contributed by atoms with Gasteiger partial charge in [-0.3, -0.25) is 0 Å². The molecule has 0 aliphatic carbocycles. The van der Waals surface area contributed by atoms with Gasteiger partial charge in [0.2, 0.25) is 0 Å². The van der Waals surface area contributed by atoms with E-state index in [0.29, 0.717) is 30.1 Å². The zero-order valence-corrected chi connectivity index (χ0v) is 18.5. The van der Waals surface area contributed by atoms with Crippen molar-refractivity contribution in [2.24, 2.45) is 16.1 Å². The van der Waals surface area contributed by atoms with Crippen molar-refractivity contribution in [3.63, 3.8) is 0 Å². The second kappa shape index (κ2) is 11.1. The molecule has 1 heterocycles. The molecule has 0 fully saturated rings. The second-order valence-corrected chi connectivity index (χ2v) is 7.87. The molecule has 1 aliphatic heterocycles. The molecule has 0 spiro atoms. The first-order valence-corrected chi connectivity index (χ1v) is 11.1. The smallest absolute Gasteiger partial charge is 0.416 e. The highest BCUT2D eigenvalue weighted by molar-refractivity contribution is 5.90. The van der Waals surface area contributed by atoms with Gasteiger partial charge < -0.3 is 4.74 Å². The van der Waals surface area contributed by atoms with Gasteiger partial charge in [-0.15, -0.1) is 0 Å². The summed E-state index contributed by atoms with van der Waals surface area (Å²) in [5.74, 6) is 1.23. The molecule has 170 valence electrons. The van der Waals surface area contributed by atoms with E-state index >= 15 is 0 Å². The topological polar surface area (TPSA) is 34.0 Å². The fourth-order valence-electron chi connectivity index (χ4n) is 3.70. The van der Waals surface area contributed by atoms with Gasteiger partial charge in [-0.1, -0.05) is 56.7 Å². The lowest BCUT2D eigenvalue weighted by Crippen LogP contribution is -2.17. The summed E-state index contributed by atoms with van der Waals surface area (Å²) in [5.41, 5.74) is 1.74. The first-order valence-electron chi connectivity index (χ1n) is 11.1. The van der Waals surface area contributed by atoms with Crippen LogP contribution in [-0.4, -0.2) is 11.9 Å². The first-order chi connectivity index (χ1) is 15.4. The molecule has 1 unspecified atom stereocenters. The van der Waals surface area contributed by atoms with Gasteiger partial charge >= 0.3 is 6.18 Å². The Labute approximate surface area is 187 Å². The van der Waals surface area contributed by atoms with Crippen LogP contribution in [-0.2, 0) is 6.18 Å². The van der Waals surface area contributed by atoms with Gasteiger partial charge in [0.05, 0.1) is 5.56 Å². The average Bonchev–Trinajstić information content (AvgIpc) is 2.81. The van der Waals surface area contributed by atoms with E-state index < -0.39 is 11.7 Å². The standard InChI is InChI=1S/C26H29F3N2O/c1-3-5-11-22(13-15-24-19(4-2)16-17-30-31-24)32-25-18-21(26(27,28)29)12-14-23(25)20-9-7-6-8-10-20/h6-12,14,17-19H,3-5,13,15-16H2,1-2H3/b22-11-. The maximum absolute atomic E-state index is 13.4. The maximum Gasteiger partial charge on any atom is 0.416 e. The quantitative estimate of drug-likeness (QED) is 0.362. The van der Waals surface area contributed by atoms with Gasteiger partial charge in [0.1, 0.15) is 11.5 Å². The van der Waals surface area contributed by atoms with E-state index in [0.717, 1.165) is 49.1 Å². The van der Waals surface area contributed by atoms with Crippen LogP contribution in [0.15, 0.2) is 70.6 Å². The second-order valence-electron chi connectivity index (χ2n) is 7.87. The third-order valence-electron chi connectivity index (χ3n) is 5.54. The molecular formula is C26H29F3N2O. The number of benzene rings is 2. The molecule has 0 saturated carbocycles. The van der Waals surface area contributed by atoms with Crippen molar-refractivity contribution in [2.75, 3.05) is 0 Å². The summed E-state index contributed by atoms with van der Waals surface area (Å²) >= 11 is 0. The summed E-state index contributed by atoms with van der Waals surface area (Å²) in [5, 5.41) is 8.36. The molecule has 3 nitrogen and oxygen atoms in total. The lowest BCUT2D eigenvalue weighted by atomic mass is 9.93. The van der Waals surface area contributed by atoms with Crippen LogP contribution in [0.5, 0.6) is 5.75 Å². The van der Waals surface area contributed by atoms with Crippen molar-refractivity contribution in [2.45, 2.75) is 58.5 Å². The minimum absolute atomic E-state index is 0.212. The van der Waals surface area contributed by atoms with Crippen LogP contribution in [0.25, 0.3) is 11.1 Å². The Morgan fingerprint density at radius 2 is 1.91 bits per heavy atom. The Morgan fingerprint density at radius 3 is 2.59 bits per heavy atom. The minimum atomic E-state index is -4.44. The van der Waals surface area contributed by atoms with Crippen LogP contribution in [0.4, 0.5) is 13.2 Å². The average molecular weight is 443 g/mol. The van der Waals surface area contributed by atoms with E-state index in [1.165, 1.54) is 6.07 Å². The number of halogens is 3. The highest BCUT2D eigenvalue weighted by Crippen LogP contribution is 2.38. The molecular weight excluding hydrogens is 413 g/mol. The molecule has 3 rings (SSSR count). The molecule has 0 aromatic heterocycles. The van der Waals surface area contributed by atoms with Gasteiger partial charge in [0, 0.05) is 29.8 Å². The number of ether oxygens (including phenoxy) is 1. The number of allylic oxidation sites excluding steroid dienone is 2. The van der Waals surface area contributed by atoms with E-state index in [-0.39, 0.29) is 5.75 Å². The largest absolute Gasteiger partial charge is 0.461 e. The molecule has 0 bridgehead atoms. The van der Waals surface area contributed by atoms with E-state index in [2.05, 4.69) is 24.1 Å². The molecule has 2 aromatic rings. The van der Waals surface area contributed by atoms with Crippen molar-refractivity contribution < 1.29 is 17.9 Å². The van der Waals surface area contributed by atoms with Crippen LogP contribution >= 0.6 is 0 Å². The van der Waals surface area contributed by atoms with Gasteiger partial charge in [0.15, 0.2) is 0 Å². The molecule has 32 heavy (non-hydrogen) atoms. The third-order valence-corrected chi connectivity index (χ3v) is 5.54. The number of alkyl halides is 3. The summed E-state index contributed by atoms with van der Waals surface area (Å²) in [6.45, 7) is 4.18. The van der Waals surface area contributed by atoms with Crippen molar-refractivity contribution in [3.8, 4) is 16.9 Å². The monoisotopic (exact) mass is 442 g/mol. The van der Waals surface area contributed by atoms with Crippen molar-refractivity contribution in [1.82, 2.24) is 0 Å².